The summed E-state index contributed by atoms with van der Waals surface area (Å²) in [5.41, 5.74) is 1.99. The van der Waals surface area contributed by atoms with Crippen molar-refractivity contribution < 1.29 is 19.1 Å². The zero-order valence-corrected chi connectivity index (χ0v) is 15.9. The summed E-state index contributed by atoms with van der Waals surface area (Å²) in [4.78, 5) is 37.8. The lowest BCUT2D eigenvalue weighted by Gasteiger charge is -2.13. The highest BCUT2D eigenvalue weighted by Crippen LogP contribution is 2.22. The van der Waals surface area contributed by atoms with Crippen LogP contribution < -0.4 is 10.1 Å². The molecule has 2 aromatic rings. The number of para-hydroxylation sites is 1. The monoisotopic (exact) mass is 380 g/mol. The number of nitrogens with zero attached hydrogens (tertiary/aromatic N) is 1. The molecular weight excluding hydrogens is 356 g/mol. The molecule has 2 aromatic carbocycles. The van der Waals surface area contributed by atoms with Gasteiger partial charge in [0.05, 0.1) is 18.2 Å². The largest absolute Gasteiger partial charge is 0.496 e. The van der Waals surface area contributed by atoms with Gasteiger partial charge in [0, 0.05) is 19.5 Å². The normalized spacial score (nSPS) is 12.8. The fourth-order valence-corrected chi connectivity index (χ4v) is 3.34. The lowest BCUT2D eigenvalue weighted by atomic mass is 10.1. The van der Waals surface area contributed by atoms with Crippen molar-refractivity contribution in [2.45, 2.75) is 25.7 Å². The van der Waals surface area contributed by atoms with E-state index in [0.717, 1.165) is 24.2 Å². The molecule has 1 aliphatic rings. The van der Waals surface area contributed by atoms with Crippen molar-refractivity contribution >= 4 is 17.7 Å². The maximum absolute atomic E-state index is 12.3. The molecule has 0 saturated heterocycles. The smallest absolute Gasteiger partial charge is 0.261 e. The first-order chi connectivity index (χ1) is 13.6. The predicted octanol–water partition coefficient (Wildman–Crippen LogP) is 2.82. The van der Waals surface area contributed by atoms with E-state index in [1.54, 1.807) is 31.4 Å². The second-order valence-electron chi connectivity index (χ2n) is 6.68. The summed E-state index contributed by atoms with van der Waals surface area (Å²) in [6.07, 6.45) is 2.36. The number of amides is 3. The molecule has 6 nitrogen and oxygen atoms in total. The highest BCUT2D eigenvalue weighted by atomic mass is 16.5. The van der Waals surface area contributed by atoms with E-state index in [4.69, 9.17) is 4.74 Å². The number of nitrogens with one attached hydrogen (secondary N) is 1. The van der Waals surface area contributed by atoms with Crippen molar-refractivity contribution in [3.63, 3.8) is 0 Å². The topological polar surface area (TPSA) is 75.7 Å². The number of carbonyl (C=O) groups is 3. The van der Waals surface area contributed by atoms with E-state index in [2.05, 4.69) is 5.32 Å². The molecule has 28 heavy (non-hydrogen) atoms. The molecule has 0 bridgehead atoms. The molecule has 3 amide bonds. The minimum absolute atomic E-state index is 0.0726. The van der Waals surface area contributed by atoms with Gasteiger partial charge >= 0.3 is 0 Å². The van der Waals surface area contributed by atoms with E-state index < -0.39 is 0 Å². The van der Waals surface area contributed by atoms with Crippen LogP contribution in [0.15, 0.2) is 48.5 Å². The van der Waals surface area contributed by atoms with Gasteiger partial charge in [-0.15, -0.1) is 0 Å². The molecular formula is C22H24N2O4. The number of methoxy groups -OCH3 is 1. The number of hydrogen-bond donors (Lipinski definition) is 1. The minimum Gasteiger partial charge on any atom is -0.496 e. The van der Waals surface area contributed by atoms with Crippen molar-refractivity contribution in [3.8, 4) is 5.75 Å². The van der Waals surface area contributed by atoms with Crippen molar-refractivity contribution in [2.24, 2.45) is 0 Å². The fraction of sp³-hybridized carbons (Fsp3) is 0.318. The van der Waals surface area contributed by atoms with E-state index >= 15 is 0 Å². The first-order valence-corrected chi connectivity index (χ1v) is 9.45. The van der Waals surface area contributed by atoms with Crippen LogP contribution >= 0.6 is 0 Å². The first-order valence-electron chi connectivity index (χ1n) is 9.45. The van der Waals surface area contributed by atoms with Gasteiger partial charge in [0.2, 0.25) is 5.91 Å². The Kier molecular flexibility index (Phi) is 6.42. The molecule has 0 unspecified atom stereocenters. The third kappa shape index (κ3) is 4.39. The van der Waals surface area contributed by atoms with E-state index in [0.29, 0.717) is 24.1 Å². The second-order valence-corrected chi connectivity index (χ2v) is 6.68. The Morgan fingerprint density at radius 1 is 0.964 bits per heavy atom. The molecule has 1 aliphatic heterocycles. The molecule has 0 saturated carbocycles. The molecule has 0 spiro atoms. The quantitative estimate of drug-likeness (QED) is 0.536. The number of imide groups is 1. The molecule has 0 atom stereocenters. The van der Waals surface area contributed by atoms with Gasteiger partial charge in [-0.05, 0) is 43.0 Å². The van der Waals surface area contributed by atoms with E-state index in [9.17, 15) is 14.4 Å². The van der Waals surface area contributed by atoms with Gasteiger partial charge in [-0.2, -0.15) is 0 Å². The Morgan fingerprint density at radius 2 is 1.61 bits per heavy atom. The lowest BCUT2D eigenvalue weighted by molar-refractivity contribution is -0.121. The maximum Gasteiger partial charge on any atom is 0.261 e. The van der Waals surface area contributed by atoms with Crippen LogP contribution in [0.5, 0.6) is 5.75 Å². The minimum atomic E-state index is -0.280. The Labute approximate surface area is 164 Å². The van der Waals surface area contributed by atoms with Crippen LogP contribution in [0, 0.1) is 0 Å². The summed E-state index contributed by atoms with van der Waals surface area (Å²) < 4.78 is 5.32. The number of benzene rings is 2. The van der Waals surface area contributed by atoms with Crippen LogP contribution in [0.4, 0.5) is 0 Å². The summed E-state index contributed by atoms with van der Waals surface area (Å²) in [7, 11) is 1.65. The fourth-order valence-electron chi connectivity index (χ4n) is 3.34. The van der Waals surface area contributed by atoms with Crippen LogP contribution in [0.1, 0.15) is 45.5 Å². The molecule has 0 radical (unpaired) electrons. The highest BCUT2D eigenvalue weighted by molar-refractivity contribution is 6.21. The van der Waals surface area contributed by atoms with Gasteiger partial charge in [-0.1, -0.05) is 30.3 Å². The third-order valence-corrected chi connectivity index (χ3v) is 4.80. The predicted molar refractivity (Wildman–Crippen MR) is 105 cm³/mol. The van der Waals surface area contributed by atoms with Gasteiger partial charge in [-0.3, -0.25) is 19.3 Å². The Hall–Kier alpha value is -3.15. The van der Waals surface area contributed by atoms with E-state index in [-0.39, 0.29) is 30.7 Å². The van der Waals surface area contributed by atoms with Crippen LogP contribution in [-0.4, -0.2) is 42.8 Å². The summed E-state index contributed by atoms with van der Waals surface area (Å²) in [5, 5.41) is 2.89. The van der Waals surface area contributed by atoms with Gasteiger partial charge < -0.3 is 10.1 Å². The lowest BCUT2D eigenvalue weighted by Crippen LogP contribution is -2.32. The van der Waals surface area contributed by atoms with Crippen molar-refractivity contribution in [2.75, 3.05) is 20.2 Å². The zero-order chi connectivity index (χ0) is 19.9. The number of rotatable bonds is 9. The summed E-state index contributed by atoms with van der Waals surface area (Å²) in [5.74, 6) is 0.224. The van der Waals surface area contributed by atoms with Gasteiger partial charge in [0.1, 0.15) is 5.75 Å². The van der Waals surface area contributed by atoms with Crippen LogP contribution in [-0.2, 0) is 11.2 Å². The second kappa shape index (κ2) is 9.17. The van der Waals surface area contributed by atoms with Gasteiger partial charge in [-0.25, -0.2) is 0 Å². The number of carbonyl (C=O) groups excluding carboxylic acids is 3. The molecule has 0 fully saturated rings. The SMILES string of the molecule is COc1ccccc1CCCNC(=O)CCCN1C(=O)c2ccccc2C1=O. The first kappa shape index (κ1) is 19.6. The standard InChI is InChI=1S/C22H24N2O4/c1-28-19-12-5-2-8-16(19)9-6-14-23-20(25)13-7-15-24-21(26)17-10-3-4-11-18(17)22(24)27/h2-5,8,10-12H,6-7,9,13-15H2,1H3,(H,23,25). The third-order valence-electron chi connectivity index (χ3n) is 4.80. The maximum atomic E-state index is 12.3. The molecule has 0 aliphatic carbocycles. The van der Waals surface area contributed by atoms with Crippen molar-refractivity contribution in [1.82, 2.24) is 10.2 Å². The number of hydrogen-bond acceptors (Lipinski definition) is 4. The molecule has 0 aromatic heterocycles. The molecule has 146 valence electrons. The van der Waals surface area contributed by atoms with Crippen LogP contribution in [0.2, 0.25) is 0 Å². The Bertz CT molecular complexity index is 843. The molecule has 1 heterocycles. The van der Waals surface area contributed by atoms with Crippen LogP contribution in [0.3, 0.4) is 0 Å². The summed E-state index contributed by atoms with van der Waals surface area (Å²) in [6.45, 7) is 0.824. The Morgan fingerprint density at radius 3 is 2.29 bits per heavy atom. The Balaban J connectivity index is 1.36. The van der Waals surface area contributed by atoms with E-state index in [1.807, 2.05) is 24.3 Å². The van der Waals surface area contributed by atoms with Crippen LogP contribution in [0.25, 0.3) is 0 Å². The van der Waals surface area contributed by atoms with Crippen molar-refractivity contribution in [3.05, 3.63) is 65.2 Å². The van der Waals surface area contributed by atoms with Crippen molar-refractivity contribution in [1.29, 1.82) is 0 Å². The average molecular weight is 380 g/mol. The van der Waals surface area contributed by atoms with Gasteiger partial charge in [0.25, 0.3) is 11.8 Å². The average Bonchev–Trinajstić information content (AvgIpc) is 2.96. The summed E-state index contributed by atoms with van der Waals surface area (Å²) in [6, 6.07) is 14.6. The molecule has 1 N–H and O–H groups in total. The zero-order valence-electron chi connectivity index (χ0n) is 15.9. The molecule has 3 rings (SSSR count). The van der Waals surface area contributed by atoms with Gasteiger partial charge in [0.15, 0.2) is 0 Å². The number of ether oxygens (including phenoxy) is 1. The highest BCUT2D eigenvalue weighted by Gasteiger charge is 2.34. The van der Waals surface area contributed by atoms with E-state index in [1.165, 1.54) is 4.90 Å². The summed E-state index contributed by atoms with van der Waals surface area (Å²) >= 11 is 0. The number of aryl methyl sites for hydroxylation is 1. The number of fused-ring (bicyclic) bond motifs is 1. The molecule has 6 heteroatoms.